The molecule has 1 aromatic heterocycles. The van der Waals surface area contributed by atoms with Crippen LogP contribution in [0.4, 0.5) is 0 Å². The molecule has 1 aromatic carbocycles. The molecule has 0 spiro atoms. The largest absolute Gasteiger partial charge is 0.299 e. The summed E-state index contributed by atoms with van der Waals surface area (Å²) >= 11 is 3.58. The van der Waals surface area contributed by atoms with E-state index in [2.05, 4.69) is 59.3 Å². The quantitative estimate of drug-likeness (QED) is 0.715. The van der Waals surface area contributed by atoms with Crippen LogP contribution in [0.25, 0.3) is 0 Å². The molecule has 1 aliphatic heterocycles. The van der Waals surface area contributed by atoms with Crippen LogP contribution in [0.1, 0.15) is 28.8 Å². The van der Waals surface area contributed by atoms with Crippen LogP contribution in [0.3, 0.4) is 0 Å². The van der Waals surface area contributed by atoms with E-state index in [1.807, 2.05) is 17.5 Å². The molecule has 2 heterocycles. The summed E-state index contributed by atoms with van der Waals surface area (Å²) in [7, 11) is 2.28. The molecule has 0 radical (unpaired) electrons. The van der Waals surface area contributed by atoms with Gasteiger partial charge in [0.25, 0.3) is 0 Å². The van der Waals surface area contributed by atoms with E-state index in [-0.39, 0.29) is 0 Å². The van der Waals surface area contributed by atoms with Crippen molar-refractivity contribution in [3.8, 4) is 0 Å². The fraction of sp³-hybridized carbons (Fsp3) is 0.526. The Kier molecular flexibility index (Phi) is 6.33. The van der Waals surface area contributed by atoms with Crippen LogP contribution in [0.2, 0.25) is 0 Å². The van der Waals surface area contributed by atoms with Crippen molar-refractivity contribution < 1.29 is 0 Å². The third-order valence-electron chi connectivity index (χ3n) is 4.95. The lowest BCUT2D eigenvalue weighted by molar-refractivity contribution is 0.119. The summed E-state index contributed by atoms with van der Waals surface area (Å²) in [6.45, 7) is 6.71. The summed E-state index contributed by atoms with van der Waals surface area (Å²) in [5.41, 5.74) is 2.85. The van der Waals surface area contributed by atoms with E-state index in [1.165, 1.54) is 46.3 Å². The average Bonchev–Trinajstić information content (AvgIpc) is 3.05. The van der Waals surface area contributed by atoms with Crippen molar-refractivity contribution in [1.29, 1.82) is 0 Å². The number of likely N-dealkylation sites (tertiary alicyclic amines) is 1. The summed E-state index contributed by atoms with van der Waals surface area (Å²) in [5, 5.41) is 0. The van der Waals surface area contributed by atoms with Gasteiger partial charge in [-0.1, -0.05) is 36.0 Å². The normalized spacial score (nSPS) is 16.8. The molecular weight excluding hydrogens is 334 g/mol. The topological polar surface area (TPSA) is 19.4 Å². The molecule has 0 atom stereocenters. The van der Waals surface area contributed by atoms with Gasteiger partial charge in [0.05, 0.1) is 0 Å². The Morgan fingerprint density at radius 1 is 1.29 bits per heavy atom. The highest BCUT2D eigenvalue weighted by Crippen LogP contribution is 2.25. The number of piperidine rings is 1. The molecule has 1 aliphatic rings. The van der Waals surface area contributed by atoms with Crippen LogP contribution in [0, 0.1) is 6.92 Å². The zero-order valence-corrected chi connectivity index (χ0v) is 16.5. The second-order valence-electron chi connectivity index (χ2n) is 6.65. The van der Waals surface area contributed by atoms with Crippen LogP contribution in [0.5, 0.6) is 0 Å². The highest BCUT2D eigenvalue weighted by Gasteiger charge is 2.23. The Morgan fingerprint density at radius 3 is 2.71 bits per heavy atom. The molecule has 0 amide bonds. The van der Waals surface area contributed by atoms with E-state index in [0.717, 1.165) is 13.1 Å². The fourth-order valence-corrected chi connectivity index (χ4v) is 4.88. The summed E-state index contributed by atoms with van der Waals surface area (Å²) in [4.78, 5) is 11.0. The van der Waals surface area contributed by atoms with Crippen molar-refractivity contribution in [2.24, 2.45) is 0 Å². The molecule has 0 aliphatic carbocycles. The third kappa shape index (κ3) is 4.60. The second-order valence-corrected chi connectivity index (χ2v) is 8.81. The van der Waals surface area contributed by atoms with Crippen LogP contribution in [-0.2, 0) is 13.1 Å². The number of thioether (sulfide) groups is 1. The lowest BCUT2D eigenvalue weighted by Crippen LogP contribution is -2.42. The maximum Gasteiger partial charge on any atom is 0.149 e. The SMILES string of the molecule is CSc1ncc(CN2CCC(N(C)Cc3ccccc3C)CC2)s1. The Morgan fingerprint density at radius 2 is 2.04 bits per heavy atom. The number of rotatable bonds is 6. The molecule has 0 unspecified atom stereocenters. The minimum Gasteiger partial charge on any atom is -0.299 e. The van der Waals surface area contributed by atoms with Gasteiger partial charge < -0.3 is 0 Å². The Balaban J connectivity index is 1.48. The van der Waals surface area contributed by atoms with E-state index >= 15 is 0 Å². The Bertz CT molecular complexity index is 648. The number of aromatic nitrogens is 1. The van der Waals surface area contributed by atoms with Crippen LogP contribution in [-0.4, -0.2) is 47.2 Å². The van der Waals surface area contributed by atoms with Crippen molar-refractivity contribution in [2.45, 2.75) is 43.2 Å². The van der Waals surface area contributed by atoms with Gasteiger partial charge >= 0.3 is 0 Å². The lowest BCUT2D eigenvalue weighted by atomic mass is 10.0. The number of hydrogen-bond acceptors (Lipinski definition) is 5. The maximum atomic E-state index is 4.45. The minimum absolute atomic E-state index is 0.698. The molecule has 5 heteroatoms. The molecule has 1 fully saturated rings. The van der Waals surface area contributed by atoms with Crippen molar-refractivity contribution in [3.63, 3.8) is 0 Å². The third-order valence-corrected chi connectivity index (χ3v) is 6.93. The zero-order chi connectivity index (χ0) is 16.9. The first-order valence-electron chi connectivity index (χ1n) is 8.61. The molecule has 24 heavy (non-hydrogen) atoms. The van der Waals surface area contributed by atoms with E-state index in [9.17, 15) is 0 Å². The van der Waals surface area contributed by atoms with Gasteiger partial charge in [0, 0.05) is 43.3 Å². The van der Waals surface area contributed by atoms with Crippen LogP contribution >= 0.6 is 23.1 Å². The second kappa shape index (κ2) is 8.48. The standard InChI is InChI=1S/C19H27N3S2/c1-15-6-4-5-7-16(15)13-21(2)17-8-10-22(11-9-17)14-18-12-20-19(23-3)24-18/h4-7,12,17H,8-11,13-14H2,1-3H3. The Labute approximate surface area is 154 Å². The smallest absolute Gasteiger partial charge is 0.149 e. The van der Waals surface area contributed by atoms with Crippen molar-refractivity contribution in [3.05, 3.63) is 46.5 Å². The van der Waals surface area contributed by atoms with Gasteiger partial charge in [-0.2, -0.15) is 0 Å². The first-order chi connectivity index (χ1) is 11.7. The molecule has 2 aromatic rings. The van der Waals surface area contributed by atoms with Crippen LogP contribution < -0.4 is 0 Å². The molecule has 0 bridgehead atoms. The Hall–Kier alpha value is -0.880. The zero-order valence-electron chi connectivity index (χ0n) is 14.9. The number of nitrogens with zero attached hydrogens (tertiary/aromatic N) is 3. The first kappa shape index (κ1) is 17.9. The predicted octanol–water partition coefficient (Wildman–Crippen LogP) is 4.27. The first-order valence-corrected chi connectivity index (χ1v) is 10.7. The van der Waals surface area contributed by atoms with E-state index < -0.39 is 0 Å². The highest BCUT2D eigenvalue weighted by atomic mass is 32.2. The number of thiazole rings is 1. The van der Waals surface area contributed by atoms with Gasteiger partial charge in [0.2, 0.25) is 0 Å². The minimum atomic E-state index is 0.698. The summed E-state index contributed by atoms with van der Waals surface area (Å²) in [5.74, 6) is 0. The van der Waals surface area contributed by atoms with E-state index in [1.54, 1.807) is 11.8 Å². The fourth-order valence-electron chi connectivity index (χ4n) is 3.38. The van der Waals surface area contributed by atoms with Gasteiger partial charge in [-0.3, -0.25) is 9.80 Å². The molecule has 3 rings (SSSR count). The van der Waals surface area contributed by atoms with Gasteiger partial charge in [0.15, 0.2) is 0 Å². The van der Waals surface area contributed by atoms with Crippen LogP contribution in [0.15, 0.2) is 34.8 Å². The monoisotopic (exact) mass is 361 g/mol. The molecule has 0 N–H and O–H groups in total. The molecule has 1 saturated heterocycles. The number of hydrogen-bond donors (Lipinski definition) is 0. The van der Waals surface area contributed by atoms with E-state index in [4.69, 9.17) is 0 Å². The average molecular weight is 362 g/mol. The molecular formula is C19H27N3S2. The summed E-state index contributed by atoms with van der Waals surface area (Å²) in [6.07, 6.45) is 6.67. The summed E-state index contributed by atoms with van der Waals surface area (Å²) < 4.78 is 1.18. The molecule has 130 valence electrons. The van der Waals surface area contributed by atoms with E-state index in [0.29, 0.717) is 6.04 Å². The lowest BCUT2D eigenvalue weighted by Gasteiger charge is -2.36. The molecule has 0 saturated carbocycles. The highest BCUT2D eigenvalue weighted by molar-refractivity contribution is 8.00. The summed E-state index contributed by atoms with van der Waals surface area (Å²) in [6, 6.07) is 9.44. The van der Waals surface area contributed by atoms with Gasteiger partial charge in [0.1, 0.15) is 4.34 Å². The molecule has 3 nitrogen and oxygen atoms in total. The predicted molar refractivity (Wildman–Crippen MR) is 105 cm³/mol. The van der Waals surface area contributed by atoms with Gasteiger partial charge in [-0.05, 0) is 44.2 Å². The van der Waals surface area contributed by atoms with Gasteiger partial charge in [-0.25, -0.2) is 4.98 Å². The van der Waals surface area contributed by atoms with Crippen molar-refractivity contribution >= 4 is 23.1 Å². The van der Waals surface area contributed by atoms with Crippen molar-refractivity contribution in [2.75, 3.05) is 26.4 Å². The number of benzene rings is 1. The maximum absolute atomic E-state index is 4.45. The van der Waals surface area contributed by atoms with Crippen molar-refractivity contribution in [1.82, 2.24) is 14.8 Å². The van der Waals surface area contributed by atoms with Gasteiger partial charge in [-0.15, -0.1) is 11.3 Å². The number of aryl methyl sites for hydroxylation is 1.